The Morgan fingerprint density at radius 1 is 0.925 bits per heavy atom. The van der Waals surface area contributed by atoms with Crippen LogP contribution in [0.3, 0.4) is 0 Å². The van der Waals surface area contributed by atoms with Gasteiger partial charge in [-0.15, -0.1) is 11.3 Å². The third kappa shape index (κ3) is 6.33. The highest BCUT2D eigenvalue weighted by Gasteiger charge is 2.24. The molecule has 0 bridgehead atoms. The molecule has 2 amide bonds. The van der Waals surface area contributed by atoms with Crippen molar-refractivity contribution in [2.75, 3.05) is 10.2 Å². The zero-order valence-corrected chi connectivity index (χ0v) is 23.9. The van der Waals surface area contributed by atoms with Crippen molar-refractivity contribution in [1.29, 1.82) is 0 Å². The van der Waals surface area contributed by atoms with Gasteiger partial charge < -0.3 is 9.64 Å². The van der Waals surface area contributed by atoms with Crippen LogP contribution in [0.5, 0.6) is 0 Å². The average Bonchev–Trinajstić information content (AvgIpc) is 3.28. The lowest BCUT2D eigenvalue weighted by atomic mass is 10.1. The largest absolute Gasteiger partial charge is 0.444 e. The first kappa shape index (κ1) is 27.4. The van der Waals surface area contributed by atoms with Crippen LogP contribution in [0.1, 0.15) is 36.0 Å². The highest BCUT2D eigenvalue weighted by atomic mass is 35.5. The van der Waals surface area contributed by atoms with E-state index in [2.05, 4.69) is 10.3 Å². The first-order valence-electron chi connectivity index (χ1n) is 12.8. The fourth-order valence-electron chi connectivity index (χ4n) is 4.22. The van der Waals surface area contributed by atoms with Crippen LogP contribution >= 0.6 is 22.9 Å². The molecule has 2 aromatic heterocycles. The molecule has 5 rings (SSSR count). The van der Waals surface area contributed by atoms with E-state index >= 15 is 0 Å². The third-order valence-corrected chi connectivity index (χ3v) is 7.75. The van der Waals surface area contributed by atoms with Crippen LogP contribution < -0.4 is 10.2 Å². The Labute approximate surface area is 242 Å². The van der Waals surface area contributed by atoms with Crippen LogP contribution in [0, 0.1) is 0 Å². The SMILES string of the molecule is CC(C)(C)OC(=O)Nc1ccc(N(Cc2ccc(-c3cccnc3)cc2)C(=O)c2sc3ccccc3c2Cl)cc1. The number of hydrogen-bond donors (Lipinski definition) is 1. The summed E-state index contributed by atoms with van der Waals surface area (Å²) in [4.78, 5) is 32.6. The molecular weight excluding hydrogens is 542 g/mol. The molecule has 0 aliphatic carbocycles. The molecule has 0 aliphatic heterocycles. The summed E-state index contributed by atoms with van der Waals surface area (Å²) < 4.78 is 6.30. The number of nitrogens with one attached hydrogen (secondary N) is 1. The molecule has 0 spiro atoms. The summed E-state index contributed by atoms with van der Waals surface area (Å²) in [5, 5.41) is 4.04. The molecule has 5 aromatic rings. The molecule has 40 heavy (non-hydrogen) atoms. The van der Waals surface area contributed by atoms with Crippen molar-refractivity contribution in [3.8, 4) is 11.1 Å². The fraction of sp³-hybridized carbons (Fsp3) is 0.156. The van der Waals surface area contributed by atoms with Gasteiger partial charge in [0.15, 0.2) is 0 Å². The highest BCUT2D eigenvalue weighted by Crippen LogP contribution is 2.37. The van der Waals surface area contributed by atoms with E-state index in [4.69, 9.17) is 16.3 Å². The number of anilines is 2. The quantitative estimate of drug-likeness (QED) is 0.222. The number of ether oxygens (including phenoxy) is 1. The number of amides is 2. The molecule has 1 N–H and O–H groups in total. The minimum absolute atomic E-state index is 0.199. The van der Waals surface area contributed by atoms with Crippen LogP contribution in [0.25, 0.3) is 21.2 Å². The molecular formula is C32H28ClN3O3S. The van der Waals surface area contributed by atoms with Gasteiger partial charge in [-0.2, -0.15) is 0 Å². The van der Waals surface area contributed by atoms with Crippen molar-refractivity contribution >= 4 is 56.4 Å². The third-order valence-electron chi connectivity index (χ3n) is 6.09. The number of rotatable bonds is 6. The monoisotopic (exact) mass is 569 g/mol. The maximum Gasteiger partial charge on any atom is 0.412 e. The van der Waals surface area contributed by atoms with Crippen molar-refractivity contribution in [2.45, 2.75) is 32.9 Å². The van der Waals surface area contributed by atoms with Crippen molar-refractivity contribution < 1.29 is 14.3 Å². The number of carbonyl (C=O) groups excluding carboxylic acids is 2. The predicted octanol–water partition coefficient (Wildman–Crippen LogP) is 8.81. The van der Waals surface area contributed by atoms with Gasteiger partial charge in [0.1, 0.15) is 10.5 Å². The molecule has 0 saturated heterocycles. The Kier molecular flexibility index (Phi) is 7.87. The summed E-state index contributed by atoms with van der Waals surface area (Å²) in [5.41, 5.74) is 3.64. The zero-order valence-electron chi connectivity index (χ0n) is 22.4. The molecule has 0 saturated carbocycles. The van der Waals surface area contributed by atoms with Gasteiger partial charge in [0, 0.05) is 33.9 Å². The molecule has 0 aliphatic rings. The minimum atomic E-state index is -0.608. The topological polar surface area (TPSA) is 71.5 Å². The first-order valence-corrected chi connectivity index (χ1v) is 14.0. The van der Waals surface area contributed by atoms with E-state index in [1.54, 1.807) is 35.4 Å². The number of nitrogens with zero attached hydrogens (tertiary/aromatic N) is 2. The molecule has 0 unspecified atom stereocenters. The number of hydrogen-bond acceptors (Lipinski definition) is 5. The molecule has 2 heterocycles. The van der Waals surface area contributed by atoms with Gasteiger partial charge in [-0.25, -0.2) is 4.79 Å². The van der Waals surface area contributed by atoms with Crippen LogP contribution in [0.2, 0.25) is 5.02 Å². The molecule has 0 atom stereocenters. The second-order valence-corrected chi connectivity index (χ2v) is 11.7. The number of halogens is 1. The van der Waals surface area contributed by atoms with Gasteiger partial charge in [0.05, 0.1) is 11.6 Å². The van der Waals surface area contributed by atoms with Gasteiger partial charge in [0.25, 0.3) is 5.91 Å². The lowest BCUT2D eigenvalue weighted by Crippen LogP contribution is -2.30. The summed E-state index contributed by atoms with van der Waals surface area (Å²) in [5.74, 6) is -0.199. The maximum atomic E-state index is 14.0. The number of benzene rings is 3. The first-order chi connectivity index (χ1) is 19.2. The number of aromatic nitrogens is 1. The Hall–Kier alpha value is -4.20. The van der Waals surface area contributed by atoms with Crippen molar-refractivity contribution in [3.63, 3.8) is 0 Å². The smallest absolute Gasteiger partial charge is 0.412 e. The van der Waals surface area contributed by atoms with Crippen LogP contribution in [0.15, 0.2) is 97.3 Å². The van der Waals surface area contributed by atoms with Crippen molar-refractivity contribution in [1.82, 2.24) is 4.98 Å². The number of fused-ring (bicyclic) bond motifs is 1. The summed E-state index contributed by atoms with van der Waals surface area (Å²) in [6, 6.07) is 26.8. The van der Waals surface area contributed by atoms with Gasteiger partial charge >= 0.3 is 6.09 Å². The fourth-order valence-corrected chi connectivity index (χ4v) is 5.68. The Balaban J connectivity index is 1.45. The predicted molar refractivity (Wildman–Crippen MR) is 163 cm³/mol. The number of thiophene rings is 1. The van der Waals surface area contributed by atoms with Crippen molar-refractivity contribution in [3.05, 3.63) is 113 Å². The molecule has 6 nitrogen and oxygen atoms in total. The standard InChI is InChI=1S/C32H28ClN3O3S/c1-32(2,3)39-31(38)35-24-14-16-25(17-15-24)36(30(37)29-28(33)26-8-4-5-9-27(26)40-29)20-21-10-12-22(13-11-21)23-7-6-18-34-19-23/h4-19H,20H2,1-3H3,(H,35,38). The van der Waals surface area contributed by atoms with E-state index in [1.807, 2.05) is 87.6 Å². The van der Waals surface area contributed by atoms with Crippen LogP contribution in [-0.4, -0.2) is 22.6 Å². The Bertz CT molecular complexity index is 1640. The van der Waals surface area contributed by atoms with E-state index in [1.165, 1.54) is 11.3 Å². The number of carbonyl (C=O) groups is 2. The van der Waals surface area contributed by atoms with Gasteiger partial charge in [-0.1, -0.05) is 60.1 Å². The molecule has 0 fully saturated rings. The van der Waals surface area contributed by atoms with E-state index < -0.39 is 11.7 Å². The number of pyridine rings is 1. The van der Waals surface area contributed by atoms with Crippen LogP contribution in [-0.2, 0) is 11.3 Å². The van der Waals surface area contributed by atoms with Crippen molar-refractivity contribution in [2.24, 2.45) is 0 Å². The maximum absolute atomic E-state index is 14.0. The average molecular weight is 570 g/mol. The van der Waals surface area contributed by atoms with Gasteiger partial charge in [-0.3, -0.25) is 15.1 Å². The van der Waals surface area contributed by atoms with Gasteiger partial charge in [-0.05, 0) is 73.9 Å². The van der Waals surface area contributed by atoms with E-state index in [-0.39, 0.29) is 5.91 Å². The highest BCUT2D eigenvalue weighted by molar-refractivity contribution is 7.21. The molecule has 0 radical (unpaired) electrons. The van der Waals surface area contributed by atoms with E-state index in [0.29, 0.717) is 27.8 Å². The second kappa shape index (κ2) is 11.5. The molecule has 8 heteroatoms. The van der Waals surface area contributed by atoms with Crippen LogP contribution in [0.4, 0.5) is 16.2 Å². The minimum Gasteiger partial charge on any atom is -0.444 e. The second-order valence-electron chi connectivity index (χ2n) is 10.2. The van der Waals surface area contributed by atoms with E-state index in [0.717, 1.165) is 26.8 Å². The van der Waals surface area contributed by atoms with E-state index in [9.17, 15) is 9.59 Å². The summed E-state index contributed by atoms with van der Waals surface area (Å²) in [7, 11) is 0. The summed E-state index contributed by atoms with van der Waals surface area (Å²) in [6.45, 7) is 5.75. The Morgan fingerprint density at radius 2 is 1.65 bits per heavy atom. The van der Waals surface area contributed by atoms with Gasteiger partial charge in [0.2, 0.25) is 0 Å². The Morgan fingerprint density at radius 3 is 2.30 bits per heavy atom. The molecule has 3 aromatic carbocycles. The summed E-state index contributed by atoms with van der Waals surface area (Å²) in [6.07, 6.45) is 3.02. The normalized spacial score (nSPS) is 11.3. The summed E-state index contributed by atoms with van der Waals surface area (Å²) >= 11 is 8.08. The lowest BCUT2D eigenvalue weighted by Gasteiger charge is -2.23. The zero-order chi connectivity index (χ0) is 28.3. The molecule has 202 valence electrons. The lowest BCUT2D eigenvalue weighted by molar-refractivity contribution is 0.0635.